The number of hydrogen-bond donors (Lipinski definition) is 1. The van der Waals surface area contributed by atoms with E-state index in [2.05, 4.69) is 20.8 Å². The fourth-order valence-electron chi connectivity index (χ4n) is 2.58. The van der Waals surface area contributed by atoms with E-state index in [0.717, 1.165) is 35.3 Å². The van der Waals surface area contributed by atoms with Crippen molar-refractivity contribution < 1.29 is 14.6 Å². The molecule has 19 heavy (non-hydrogen) atoms. The number of carboxylic acid groups (broad SMARTS) is 1. The van der Waals surface area contributed by atoms with Crippen LogP contribution in [-0.2, 0) is 11.3 Å². The molecule has 0 radical (unpaired) electrons. The van der Waals surface area contributed by atoms with Gasteiger partial charge in [-0.25, -0.2) is 0 Å². The number of carbonyl (C=O) groups is 1. The van der Waals surface area contributed by atoms with E-state index in [4.69, 9.17) is 9.84 Å². The van der Waals surface area contributed by atoms with Crippen molar-refractivity contribution in [3.63, 3.8) is 0 Å². The van der Waals surface area contributed by atoms with Crippen LogP contribution in [0.2, 0.25) is 0 Å². The Morgan fingerprint density at radius 3 is 2.89 bits per heavy atom. The van der Waals surface area contributed by atoms with Crippen molar-refractivity contribution in [3.8, 4) is 5.75 Å². The maximum Gasteiger partial charge on any atom is 0.308 e. The molecule has 1 aliphatic rings. The van der Waals surface area contributed by atoms with E-state index in [9.17, 15) is 4.79 Å². The lowest BCUT2D eigenvalue weighted by Crippen LogP contribution is -2.32. The van der Waals surface area contributed by atoms with Crippen LogP contribution in [-0.4, -0.2) is 35.7 Å². The summed E-state index contributed by atoms with van der Waals surface area (Å²) in [4.78, 5) is 13.3. The number of hydrogen-bond acceptors (Lipinski definition) is 3. The van der Waals surface area contributed by atoms with Crippen LogP contribution in [0.4, 0.5) is 0 Å². The van der Waals surface area contributed by atoms with Crippen LogP contribution in [0.15, 0.2) is 22.7 Å². The van der Waals surface area contributed by atoms with Gasteiger partial charge in [0.1, 0.15) is 5.75 Å². The van der Waals surface area contributed by atoms with Gasteiger partial charge in [0.15, 0.2) is 0 Å². The third-order valence-electron chi connectivity index (χ3n) is 3.83. The normalized spacial score (nSPS) is 23.5. The molecule has 0 bridgehead atoms. The molecule has 2 atom stereocenters. The van der Waals surface area contributed by atoms with Gasteiger partial charge in [-0.1, -0.05) is 15.9 Å². The van der Waals surface area contributed by atoms with Crippen LogP contribution < -0.4 is 4.74 Å². The molecule has 2 rings (SSSR count). The van der Waals surface area contributed by atoms with Gasteiger partial charge < -0.3 is 9.84 Å². The predicted molar refractivity (Wildman–Crippen MR) is 76.3 cm³/mol. The standard InChI is InChI=1S/C14H18BrNO3/c1-9-12(14(17)18)5-6-16(9)8-10-7-11(19-2)3-4-13(10)15/h3-4,7,9,12H,5-6,8H2,1-2H3,(H,17,18). The summed E-state index contributed by atoms with van der Waals surface area (Å²) in [6.07, 6.45) is 0.720. The minimum absolute atomic E-state index is 0.0654. The molecule has 4 nitrogen and oxygen atoms in total. The van der Waals surface area contributed by atoms with Gasteiger partial charge >= 0.3 is 5.97 Å². The maximum atomic E-state index is 11.1. The molecule has 1 aromatic rings. The van der Waals surface area contributed by atoms with Gasteiger partial charge in [-0.05, 0) is 43.7 Å². The number of benzene rings is 1. The average Bonchev–Trinajstić information content (AvgIpc) is 2.74. The topological polar surface area (TPSA) is 49.8 Å². The van der Waals surface area contributed by atoms with Crippen molar-refractivity contribution in [2.75, 3.05) is 13.7 Å². The van der Waals surface area contributed by atoms with Crippen LogP contribution in [0, 0.1) is 5.92 Å². The number of rotatable bonds is 4. The summed E-state index contributed by atoms with van der Waals surface area (Å²) in [6.45, 7) is 3.55. The Morgan fingerprint density at radius 1 is 1.58 bits per heavy atom. The summed E-state index contributed by atoms with van der Waals surface area (Å²) in [7, 11) is 1.64. The van der Waals surface area contributed by atoms with Crippen LogP contribution in [0.25, 0.3) is 0 Å². The van der Waals surface area contributed by atoms with E-state index < -0.39 is 5.97 Å². The summed E-state index contributed by atoms with van der Waals surface area (Å²) in [6, 6.07) is 5.92. The van der Waals surface area contributed by atoms with E-state index in [1.807, 2.05) is 25.1 Å². The molecular weight excluding hydrogens is 310 g/mol. The van der Waals surface area contributed by atoms with E-state index in [0.29, 0.717) is 0 Å². The lowest BCUT2D eigenvalue weighted by Gasteiger charge is -2.23. The number of methoxy groups -OCH3 is 1. The van der Waals surface area contributed by atoms with Gasteiger partial charge in [0, 0.05) is 17.1 Å². The average molecular weight is 328 g/mol. The van der Waals surface area contributed by atoms with E-state index in [1.54, 1.807) is 7.11 Å². The van der Waals surface area contributed by atoms with Crippen molar-refractivity contribution in [2.45, 2.75) is 25.9 Å². The molecule has 1 heterocycles. The van der Waals surface area contributed by atoms with Gasteiger partial charge in [0.05, 0.1) is 13.0 Å². The Bertz CT molecular complexity index is 478. The Hall–Kier alpha value is -1.07. The number of nitrogens with zero attached hydrogens (tertiary/aromatic N) is 1. The molecule has 1 fully saturated rings. The van der Waals surface area contributed by atoms with Gasteiger partial charge in [-0.15, -0.1) is 0 Å². The molecule has 0 aromatic heterocycles. The highest BCUT2D eigenvalue weighted by Gasteiger charge is 2.35. The molecule has 1 aliphatic heterocycles. The highest BCUT2D eigenvalue weighted by molar-refractivity contribution is 9.10. The number of aliphatic carboxylic acids is 1. The molecule has 104 valence electrons. The summed E-state index contributed by atoms with van der Waals surface area (Å²) < 4.78 is 6.25. The van der Waals surface area contributed by atoms with E-state index in [1.165, 1.54) is 0 Å². The summed E-state index contributed by atoms with van der Waals surface area (Å²) >= 11 is 3.53. The zero-order valence-corrected chi connectivity index (χ0v) is 12.7. The van der Waals surface area contributed by atoms with Crippen LogP contribution >= 0.6 is 15.9 Å². The van der Waals surface area contributed by atoms with Crippen molar-refractivity contribution >= 4 is 21.9 Å². The lowest BCUT2D eigenvalue weighted by molar-refractivity contribution is -0.142. The molecule has 0 amide bonds. The molecule has 0 saturated carbocycles. The fraction of sp³-hybridized carbons (Fsp3) is 0.500. The van der Waals surface area contributed by atoms with Crippen molar-refractivity contribution in [1.29, 1.82) is 0 Å². The summed E-state index contributed by atoms with van der Waals surface area (Å²) in [5.41, 5.74) is 1.12. The Kier molecular flexibility index (Phi) is 4.47. The number of ether oxygens (including phenoxy) is 1. The number of halogens is 1. The van der Waals surface area contributed by atoms with Crippen molar-refractivity contribution in [3.05, 3.63) is 28.2 Å². The summed E-state index contributed by atoms with van der Waals surface area (Å²) in [5, 5.41) is 9.15. The first-order chi connectivity index (χ1) is 9.02. The molecule has 0 spiro atoms. The largest absolute Gasteiger partial charge is 0.497 e. The van der Waals surface area contributed by atoms with E-state index >= 15 is 0 Å². The second-order valence-electron chi connectivity index (χ2n) is 4.90. The highest BCUT2D eigenvalue weighted by atomic mass is 79.9. The highest BCUT2D eigenvalue weighted by Crippen LogP contribution is 2.29. The van der Waals surface area contributed by atoms with Gasteiger partial charge in [0.2, 0.25) is 0 Å². The SMILES string of the molecule is COc1ccc(Br)c(CN2CCC(C(=O)O)C2C)c1. The minimum Gasteiger partial charge on any atom is -0.497 e. The zero-order chi connectivity index (χ0) is 14.0. The van der Waals surface area contributed by atoms with Crippen LogP contribution in [0.5, 0.6) is 5.75 Å². The first-order valence-corrected chi connectivity index (χ1v) is 7.11. The number of carboxylic acids is 1. The van der Waals surface area contributed by atoms with Crippen LogP contribution in [0.1, 0.15) is 18.9 Å². The monoisotopic (exact) mass is 327 g/mol. The third-order valence-corrected chi connectivity index (χ3v) is 4.60. The van der Waals surface area contributed by atoms with Crippen molar-refractivity contribution in [2.24, 2.45) is 5.92 Å². The van der Waals surface area contributed by atoms with Crippen LogP contribution in [0.3, 0.4) is 0 Å². The molecule has 0 aliphatic carbocycles. The third kappa shape index (κ3) is 3.09. The Labute approximate surface area is 121 Å². The molecular formula is C14H18BrNO3. The fourth-order valence-corrected chi connectivity index (χ4v) is 2.95. The molecule has 2 unspecified atom stereocenters. The van der Waals surface area contributed by atoms with Gasteiger partial charge in [-0.3, -0.25) is 9.69 Å². The van der Waals surface area contributed by atoms with E-state index in [-0.39, 0.29) is 12.0 Å². The Morgan fingerprint density at radius 2 is 2.32 bits per heavy atom. The maximum absolute atomic E-state index is 11.1. The molecule has 1 saturated heterocycles. The first-order valence-electron chi connectivity index (χ1n) is 6.32. The molecule has 1 N–H and O–H groups in total. The van der Waals surface area contributed by atoms with Gasteiger partial charge in [0.25, 0.3) is 0 Å². The smallest absolute Gasteiger partial charge is 0.308 e. The van der Waals surface area contributed by atoms with Gasteiger partial charge in [-0.2, -0.15) is 0 Å². The van der Waals surface area contributed by atoms with Crippen molar-refractivity contribution in [1.82, 2.24) is 4.90 Å². The Balaban J connectivity index is 2.12. The lowest BCUT2D eigenvalue weighted by atomic mass is 10.0. The second-order valence-corrected chi connectivity index (χ2v) is 5.76. The quantitative estimate of drug-likeness (QED) is 0.923. The summed E-state index contributed by atoms with van der Waals surface area (Å²) in [5.74, 6) is -0.135. The first kappa shape index (κ1) is 14.3. The minimum atomic E-state index is -0.695. The zero-order valence-electron chi connectivity index (χ0n) is 11.1. The number of likely N-dealkylation sites (tertiary alicyclic amines) is 1. The predicted octanol–water partition coefficient (Wildman–Crippen LogP) is 2.75. The molecule has 1 aromatic carbocycles. The molecule has 5 heteroatoms. The second kappa shape index (κ2) is 5.92.